The van der Waals surface area contributed by atoms with Crippen LogP contribution in [-0.4, -0.2) is 46.5 Å². The van der Waals surface area contributed by atoms with Crippen molar-refractivity contribution in [1.29, 1.82) is 0 Å². The van der Waals surface area contributed by atoms with E-state index in [0.29, 0.717) is 11.1 Å². The zero-order valence-corrected chi connectivity index (χ0v) is 10.8. The van der Waals surface area contributed by atoms with Crippen molar-refractivity contribution in [3.63, 3.8) is 0 Å². The second-order valence-corrected chi connectivity index (χ2v) is 4.78. The van der Waals surface area contributed by atoms with E-state index in [9.17, 15) is 4.79 Å². The number of fused-ring (bicyclic) bond motifs is 1. The zero-order valence-electron chi connectivity index (χ0n) is 10.8. The van der Waals surface area contributed by atoms with Crippen LogP contribution >= 0.6 is 0 Å². The van der Waals surface area contributed by atoms with Gasteiger partial charge in [-0.15, -0.1) is 0 Å². The van der Waals surface area contributed by atoms with Gasteiger partial charge in [0.2, 0.25) is 0 Å². The van der Waals surface area contributed by atoms with Gasteiger partial charge in [-0.2, -0.15) is 0 Å². The van der Waals surface area contributed by atoms with Crippen LogP contribution in [0, 0.1) is 0 Å². The first-order valence-electron chi connectivity index (χ1n) is 6.49. The smallest absolute Gasteiger partial charge is 0.256 e. The van der Waals surface area contributed by atoms with Gasteiger partial charge in [0.1, 0.15) is 5.52 Å². The van der Waals surface area contributed by atoms with Crippen molar-refractivity contribution < 1.29 is 4.79 Å². The number of rotatable bonds is 1. The first-order chi connectivity index (χ1) is 9.27. The Morgan fingerprint density at radius 3 is 3.05 bits per heavy atom. The summed E-state index contributed by atoms with van der Waals surface area (Å²) in [5, 5.41) is 3.29. The van der Waals surface area contributed by atoms with Crippen LogP contribution in [-0.2, 0) is 0 Å². The summed E-state index contributed by atoms with van der Waals surface area (Å²) in [4.78, 5) is 23.1. The third kappa shape index (κ3) is 2.17. The maximum Gasteiger partial charge on any atom is 0.256 e. The van der Waals surface area contributed by atoms with Gasteiger partial charge in [0.15, 0.2) is 0 Å². The zero-order chi connectivity index (χ0) is 13.2. The molecular weight excluding hydrogens is 240 g/mol. The standard InChI is InChI=1S/C14H16N4O/c1-10-9-15-7-8-18(10)14(19)11-3-2-4-12-13(11)17-6-5-16-12/h2-6,10,15H,7-9H2,1H3/t10-/m1/s1. The van der Waals surface area contributed by atoms with Crippen molar-refractivity contribution in [2.24, 2.45) is 0 Å². The molecule has 1 fully saturated rings. The number of benzene rings is 1. The minimum absolute atomic E-state index is 0.0418. The number of hydrogen-bond donors (Lipinski definition) is 1. The number of para-hydroxylation sites is 1. The fourth-order valence-corrected chi connectivity index (χ4v) is 2.46. The average Bonchev–Trinajstić information content (AvgIpc) is 2.46. The van der Waals surface area contributed by atoms with Crippen molar-refractivity contribution in [3.8, 4) is 0 Å². The maximum atomic E-state index is 12.7. The quantitative estimate of drug-likeness (QED) is 0.829. The lowest BCUT2D eigenvalue weighted by Crippen LogP contribution is -2.52. The predicted molar refractivity (Wildman–Crippen MR) is 72.9 cm³/mol. The molecule has 19 heavy (non-hydrogen) atoms. The molecule has 0 radical (unpaired) electrons. The van der Waals surface area contributed by atoms with Crippen molar-refractivity contribution in [2.45, 2.75) is 13.0 Å². The van der Waals surface area contributed by atoms with Crippen molar-refractivity contribution in [3.05, 3.63) is 36.2 Å². The van der Waals surface area contributed by atoms with Crippen molar-refractivity contribution >= 4 is 16.9 Å². The molecule has 1 amide bonds. The Morgan fingerprint density at radius 2 is 2.21 bits per heavy atom. The highest BCUT2D eigenvalue weighted by atomic mass is 16.2. The lowest BCUT2D eigenvalue weighted by Gasteiger charge is -2.34. The minimum atomic E-state index is 0.0418. The topological polar surface area (TPSA) is 58.1 Å². The van der Waals surface area contributed by atoms with E-state index in [1.54, 1.807) is 12.4 Å². The fraction of sp³-hybridized carbons (Fsp3) is 0.357. The Hall–Kier alpha value is -2.01. The molecule has 98 valence electrons. The van der Waals surface area contributed by atoms with Gasteiger partial charge in [-0.3, -0.25) is 14.8 Å². The number of aromatic nitrogens is 2. The molecule has 0 aliphatic carbocycles. The minimum Gasteiger partial charge on any atom is -0.333 e. The van der Waals surface area contributed by atoms with E-state index < -0.39 is 0 Å². The van der Waals surface area contributed by atoms with Crippen LogP contribution in [0.4, 0.5) is 0 Å². The van der Waals surface area contributed by atoms with Gasteiger partial charge in [0, 0.05) is 38.1 Å². The average molecular weight is 256 g/mol. The summed E-state index contributed by atoms with van der Waals surface area (Å²) in [6, 6.07) is 5.76. The molecule has 1 aromatic carbocycles. The van der Waals surface area contributed by atoms with Crippen LogP contribution in [0.25, 0.3) is 11.0 Å². The predicted octanol–water partition coefficient (Wildman–Crippen LogP) is 1.06. The van der Waals surface area contributed by atoms with Crippen LogP contribution in [0.2, 0.25) is 0 Å². The van der Waals surface area contributed by atoms with Gasteiger partial charge in [-0.25, -0.2) is 0 Å². The Labute approximate surface area is 111 Å². The van der Waals surface area contributed by atoms with E-state index in [4.69, 9.17) is 0 Å². The number of hydrogen-bond acceptors (Lipinski definition) is 4. The number of carbonyl (C=O) groups excluding carboxylic acids is 1. The molecule has 1 aliphatic rings. The first-order valence-corrected chi connectivity index (χ1v) is 6.49. The molecule has 0 bridgehead atoms. The molecule has 2 heterocycles. The Bertz CT molecular complexity index is 608. The molecule has 1 N–H and O–H groups in total. The van der Waals surface area contributed by atoms with Crippen LogP contribution in [0.3, 0.4) is 0 Å². The molecule has 1 aliphatic heterocycles. The summed E-state index contributed by atoms with van der Waals surface area (Å²) in [6.45, 7) is 4.46. The number of nitrogens with zero attached hydrogens (tertiary/aromatic N) is 3. The maximum absolute atomic E-state index is 12.7. The first kappa shape index (κ1) is 12.0. The van der Waals surface area contributed by atoms with Gasteiger partial charge in [-0.1, -0.05) is 6.07 Å². The third-order valence-electron chi connectivity index (χ3n) is 3.49. The highest BCUT2D eigenvalue weighted by Crippen LogP contribution is 2.17. The summed E-state index contributed by atoms with van der Waals surface area (Å²) >= 11 is 0. The van der Waals surface area contributed by atoms with Gasteiger partial charge in [0.25, 0.3) is 5.91 Å². The second-order valence-electron chi connectivity index (χ2n) is 4.78. The summed E-state index contributed by atoms with van der Waals surface area (Å²) < 4.78 is 0. The van der Waals surface area contributed by atoms with Crippen LogP contribution < -0.4 is 5.32 Å². The molecule has 2 aromatic rings. The monoisotopic (exact) mass is 256 g/mol. The Kier molecular flexibility index (Phi) is 3.13. The highest BCUT2D eigenvalue weighted by Gasteiger charge is 2.25. The summed E-state index contributed by atoms with van der Waals surface area (Å²) in [6.07, 6.45) is 3.27. The van der Waals surface area contributed by atoms with Crippen LogP contribution in [0.5, 0.6) is 0 Å². The Balaban J connectivity index is 2.01. The Morgan fingerprint density at radius 1 is 1.37 bits per heavy atom. The highest BCUT2D eigenvalue weighted by molar-refractivity contribution is 6.04. The second kappa shape index (κ2) is 4.93. The molecule has 5 nitrogen and oxygen atoms in total. The number of nitrogens with one attached hydrogen (secondary N) is 1. The number of amides is 1. The van der Waals surface area contributed by atoms with E-state index >= 15 is 0 Å². The molecule has 3 rings (SSSR count). The third-order valence-corrected chi connectivity index (χ3v) is 3.49. The SMILES string of the molecule is C[C@@H]1CNCCN1C(=O)c1cccc2nccnc12. The fourth-order valence-electron chi connectivity index (χ4n) is 2.46. The van der Waals surface area contributed by atoms with Gasteiger partial charge in [0.05, 0.1) is 11.1 Å². The normalized spacial score (nSPS) is 19.6. The number of carbonyl (C=O) groups is 1. The molecule has 5 heteroatoms. The van der Waals surface area contributed by atoms with Gasteiger partial charge in [-0.05, 0) is 19.1 Å². The van der Waals surface area contributed by atoms with Gasteiger partial charge >= 0.3 is 0 Å². The molecule has 0 unspecified atom stereocenters. The molecule has 1 atom stereocenters. The number of piperazine rings is 1. The largest absolute Gasteiger partial charge is 0.333 e. The molecule has 1 aromatic heterocycles. The molecule has 1 saturated heterocycles. The summed E-state index contributed by atoms with van der Waals surface area (Å²) in [7, 11) is 0. The molecular formula is C14H16N4O. The molecule has 0 spiro atoms. The van der Waals surface area contributed by atoms with Crippen LogP contribution in [0.1, 0.15) is 17.3 Å². The van der Waals surface area contributed by atoms with Crippen molar-refractivity contribution in [2.75, 3.05) is 19.6 Å². The van der Waals surface area contributed by atoms with E-state index in [1.165, 1.54) is 0 Å². The van der Waals surface area contributed by atoms with E-state index in [1.807, 2.05) is 23.1 Å². The lowest BCUT2D eigenvalue weighted by atomic mass is 10.1. The van der Waals surface area contributed by atoms with Crippen LogP contribution in [0.15, 0.2) is 30.6 Å². The van der Waals surface area contributed by atoms with E-state index in [2.05, 4.69) is 22.2 Å². The lowest BCUT2D eigenvalue weighted by molar-refractivity contribution is 0.0657. The van der Waals surface area contributed by atoms with Crippen molar-refractivity contribution in [1.82, 2.24) is 20.2 Å². The van der Waals surface area contributed by atoms with E-state index in [0.717, 1.165) is 25.2 Å². The summed E-state index contributed by atoms with van der Waals surface area (Å²) in [5.41, 5.74) is 2.08. The van der Waals surface area contributed by atoms with Gasteiger partial charge < -0.3 is 10.2 Å². The summed E-state index contributed by atoms with van der Waals surface area (Å²) in [5.74, 6) is 0.0418. The van der Waals surface area contributed by atoms with E-state index in [-0.39, 0.29) is 11.9 Å². The molecule has 0 saturated carbocycles.